The van der Waals surface area contributed by atoms with Crippen molar-refractivity contribution in [2.24, 2.45) is 0 Å². The summed E-state index contributed by atoms with van der Waals surface area (Å²) in [6, 6.07) is 18.3. The molecule has 1 amide bonds. The maximum Gasteiger partial charge on any atom is 0.411 e. The maximum absolute atomic E-state index is 13.9. The second kappa shape index (κ2) is 7.59. The van der Waals surface area contributed by atoms with Crippen LogP contribution in [0.3, 0.4) is 0 Å². The lowest BCUT2D eigenvalue weighted by Gasteiger charge is -2.09. The van der Waals surface area contributed by atoms with Crippen LogP contribution in [0.25, 0.3) is 16.9 Å². The van der Waals surface area contributed by atoms with Gasteiger partial charge in [-0.25, -0.2) is 13.7 Å². The van der Waals surface area contributed by atoms with Gasteiger partial charge < -0.3 is 10.4 Å². The van der Waals surface area contributed by atoms with Crippen LogP contribution in [-0.4, -0.2) is 25.8 Å². The highest BCUT2D eigenvalue weighted by Crippen LogP contribution is 2.22. The number of halogens is 1. The van der Waals surface area contributed by atoms with Crippen LogP contribution in [0.4, 0.5) is 20.8 Å². The van der Waals surface area contributed by atoms with E-state index in [2.05, 4.69) is 20.7 Å². The number of nitrogens with one attached hydrogen (secondary N) is 2. The van der Waals surface area contributed by atoms with Crippen molar-refractivity contribution in [3.05, 3.63) is 77.6 Å². The van der Waals surface area contributed by atoms with E-state index in [1.165, 1.54) is 6.07 Å². The van der Waals surface area contributed by atoms with Crippen LogP contribution >= 0.6 is 0 Å². The zero-order valence-corrected chi connectivity index (χ0v) is 15.6. The van der Waals surface area contributed by atoms with Crippen LogP contribution in [0, 0.1) is 12.7 Å². The molecule has 0 aliphatic heterocycles. The van der Waals surface area contributed by atoms with Crippen molar-refractivity contribution in [2.75, 3.05) is 10.6 Å². The second-order valence-corrected chi connectivity index (χ2v) is 6.58. The molecule has 146 valence electrons. The minimum absolute atomic E-state index is 0.0193. The van der Waals surface area contributed by atoms with E-state index in [0.29, 0.717) is 17.9 Å². The SMILES string of the molecule is Cc1ccc(NCc2ccc(-c3cccc4nc(NC(=O)O)nn34)cc2)c(F)c1. The van der Waals surface area contributed by atoms with Crippen LogP contribution in [0.1, 0.15) is 11.1 Å². The number of carbonyl (C=O) groups is 1. The van der Waals surface area contributed by atoms with Gasteiger partial charge in [-0.1, -0.05) is 36.4 Å². The number of pyridine rings is 1. The van der Waals surface area contributed by atoms with Gasteiger partial charge in [0.25, 0.3) is 5.95 Å². The summed E-state index contributed by atoms with van der Waals surface area (Å²) in [7, 11) is 0. The quantitative estimate of drug-likeness (QED) is 0.464. The van der Waals surface area contributed by atoms with Gasteiger partial charge in [-0.05, 0) is 42.3 Å². The Morgan fingerprint density at radius 1 is 1.14 bits per heavy atom. The average Bonchev–Trinajstić information content (AvgIpc) is 3.09. The van der Waals surface area contributed by atoms with E-state index in [9.17, 15) is 9.18 Å². The molecule has 0 aliphatic rings. The molecule has 29 heavy (non-hydrogen) atoms. The van der Waals surface area contributed by atoms with Gasteiger partial charge in [0.15, 0.2) is 5.65 Å². The molecular weight excluding hydrogens is 373 g/mol. The molecule has 0 bridgehead atoms. The second-order valence-electron chi connectivity index (χ2n) is 6.58. The Kier molecular flexibility index (Phi) is 4.82. The van der Waals surface area contributed by atoms with Gasteiger partial charge in [0.05, 0.1) is 11.4 Å². The van der Waals surface area contributed by atoms with Crippen LogP contribution in [0.15, 0.2) is 60.7 Å². The highest BCUT2D eigenvalue weighted by molar-refractivity contribution is 5.80. The first kappa shape index (κ1) is 18.4. The molecule has 4 aromatic rings. The first-order valence-electron chi connectivity index (χ1n) is 8.95. The van der Waals surface area contributed by atoms with Crippen molar-refractivity contribution >= 4 is 23.4 Å². The van der Waals surface area contributed by atoms with E-state index >= 15 is 0 Å². The molecule has 0 unspecified atom stereocenters. The third kappa shape index (κ3) is 4.01. The van der Waals surface area contributed by atoms with Gasteiger partial charge in [0, 0.05) is 12.1 Å². The van der Waals surface area contributed by atoms with Crippen molar-refractivity contribution in [3.63, 3.8) is 0 Å². The Balaban J connectivity index is 1.54. The van der Waals surface area contributed by atoms with Crippen molar-refractivity contribution in [2.45, 2.75) is 13.5 Å². The minimum atomic E-state index is -1.22. The number of amides is 1. The number of hydrogen-bond donors (Lipinski definition) is 3. The molecule has 0 saturated heterocycles. The molecule has 0 saturated carbocycles. The first-order chi connectivity index (χ1) is 14.0. The van der Waals surface area contributed by atoms with E-state index in [-0.39, 0.29) is 11.8 Å². The smallest absolute Gasteiger partial charge is 0.411 e. The van der Waals surface area contributed by atoms with Crippen molar-refractivity contribution in [3.8, 4) is 11.3 Å². The fraction of sp³-hybridized carbons (Fsp3) is 0.0952. The lowest BCUT2D eigenvalue weighted by atomic mass is 10.1. The molecule has 8 heteroatoms. The number of hydrogen-bond acceptors (Lipinski definition) is 4. The van der Waals surface area contributed by atoms with Crippen molar-refractivity contribution in [1.82, 2.24) is 14.6 Å². The summed E-state index contributed by atoms with van der Waals surface area (Å²) >= 11 is 0. The molecule has 0 atom stereocenters. The van der Waals surface area contributed by atoms with E-state index in [4.69, 9.17) is 5.11 Å². The molecule has 2 aromatic carbocycles. The van der Waals surface area contributed by atoms with Gasteiger partial charge in [0.1, 0.15) is 5.82 Å². The fourth-order valence-electron chi connectivity index (χ4n) is 3.03. The first-order valence-corrected chi connectivity index (χ1v) is 8.95. The third-order valence-electron chi connectivity index (χ3n) is 4.44. The summed E-state index contributed by atoms with van der Waals surface area (Å²) in [5.74, 6) is -0.254. The maximum atomic E-state index is 13.9. The number of aryl methyl sites for hydroxylation is 1. The lowest BCUT2D eigenvalue weighted by molar-refractivity contribution is 0.209. The van der Waals surface area contributed by atoms with E-state index in [0.717, 1.165) is 22.4 Å². The topological polar surface area (TPSA) is 91.5 Å². The summed E-state index contributed by atoms with van der Waals surface area (Å²) in [5, 5.41) is 18.3. The largest absolute Gasteiger partial charge is 0.465 e. The minimum Gasteiger partial charge on any atom is -0.465 e. The molecule has 2 heterocycles. The molecule has 2 aromatic heterocycles. The average molecular weight is 391 g/mol. The molecule has 4 rings (SSSR count). The molecule has 3 N–H and O–H groups in total. The Bertz CT molecular complexity index is 1190. The molecule has 7 nitrogen and oxygen atoms in total. The predicted molar refractivity (Wildman–Crippen MR) is 109 cm³/mol. The Hall–Kier alpha value is -3.94. The number of fused-ring (bicyclic) bond motifs is 1. The molecule has 0 fully saturated rings. The van der Waals surface area contributed by atoms with Gasteiger partial charge in [-0.3, -0.25) is 5.32 Å². The predicted octanol–water partition coefficient (Wildman–Crippen LogP) is 4.55. The summed E-state index contributed by atoms with van der Waals surface area (Å²) in [4.78, 5) is 15.0. The van der Waals surface area contributed by atoms with Crippen LogP contribution in [0.2, 0.25) is 0 Å². The van der Waals surface area contributed by atoms with Crippen LogP contribution in [0.5, 0.6) is 0 Å². The van der Waals surface area contributed by atoms with Crippen molar-refractivity contribution < 1.29 is 14.3 Å². The number of benzene rings is 2. The summed E-state index contributed by atoms with van der Waals surface area (Å²) in [5.41, 5.74) is 4.54. The Labute approximate surface area is 165 Å². The van der Waals surface area contributed by atoms with E-state index in [1.807, 2.05) is 49.4 Å². The van der Waals surface area contributed by atoms with E-state index < -0.39 is 6.09 Å². The van der Waals surface area contributed by atoms with Crippen LogP contribution < -0.4 is 10.6 Å². The van der Waals surface area contributed by atoms with E-state index in [1.54, 1.807) is 16.6 Å². The molecule has 0 radical (unpaired) electrons. The van der Waals surface area contributed by atoms with Crippen LogP contribution in [-0.2, 0) is 6.54 Å². The Morgan fingerprint density at radius 3 is 2.66 bits per heavy atom. The monoisotopic (exact) mass is 391 g/mol. The van der Waals surface area contributed by atoms with Gasteiger partial charge >= 0.3 is 6.09 Å². The number of aromatic nitrogens is 3. The summed E-state index contributed by atoms with van der Waals surface area (Å²) < 4.78 is 15.5. The third-order valence-corrected chi connectivity index (χ3v) is 4.44. The number of anilines is 2. The van der Waals surface area contributed by atoms with Gasteiger partial charge in [-0.2, -0.15) is 4.98 Å². The number of carboxylic acid groups (broad SMARTS) is 1. The standard InChI is InChI=1S/C21H18FN5O2/c1-13-5-10-17(16(22)11-13)23-12-14-6-8-15(9-7-14)18-3-2-4-19-24-20(25-21(28)29)26-27(18)19/h2-11,23H,12H2,1H3,(H,25,26)(H,28,29). The Morgan fingerprint density at radius 2 is 1.93 bits per heavy atom. The van der Waals surface area contributed by atoms with Crippen molar-refractivity contribution in [1.29, 1.82) is 0 Å². The summed E-state index contributed by atoms with van der Waals surface area (Å²) in [6.07, 6.45) is -1.22. The van der Waals surface area contributed by atoms with Gasteiger partial charge in [-0.15, -0.1) is 5.10 Å². The lowest BCUT2D eigenvalue weighted by Crippen LogP contribution is -2.08. The highest BCUT2D eigenvalue weighted by Gasteiger charge is 2.10. The summed E-state index contributed by atoms with van der Waals surface area (Å²) in [6.45, 7) is 2.34. The highest BCUT2D eigenvalue weighted by atomic mass is 19.1. The molecule has 0 spiro atoms. The normalized spacial score (nSPS) is 10.8. The zero-order chi connectivity index (χ0) is 20.4. The fourth-order valence-corrected chi connectivity index (χ4v) is 3.03. The molecular formula is C21H18FN5O2. The molecule has 0 aliphatic carbocycles. The zero-order valence-electron chi connectivity index (χ0n) is 15.6. The van der Waals surface area contributed by atoms with Gasteiger partial charge in [0.2, 0.25) is 0 Å². The number of nitrogens with zero attached hydrogens (tertiary/aromatic N) is 3. The number of rotatable bonds is 5.